The largest absolute Gasteiger partial charge is 0.120 e. The van der Waals surface area contributed by atoms with Gasteiger partial charge in [0.15, 0.2) is 0 Å². The van der Waals surface area contributed by atoms with Crippen molar-refractivity contribution in [1.82, 2.24) is 0 Å². The molecule has 0 bridgehead atoms. The molecule has 0 saturated heterocycles. The fourth-order valence-corrected chi connectivity index (χ4v) is 4.31. The van der Waals surface area contributed by atoms with Gasteiger partial charge in [-0.1, -0.05) is 104 Å². The lowest BCUT2D eigenvalue weighted by Gasteiger charge is -2.47. The highest BCUT2D eigenvalue weighted by atomic mass is 31.0. The maximum atomic E-state index is 3.20. The maximum absolute atomic E-state index is 3.20. The Hall–Kier alpha value is -1.91. The lowest BCUT2D eigenvalue weighted by molar-refractivity contribution is 0.393. The summed E-state index contributed by atoms with van der Waals surface area (Å²) >= 11 is 0. The molecule has 0 radical (unpaired) electrons. The number of benzene rings is 2. The molecule has 122 valence electrons. The Labute approximate surface area is 148 Å². The molecule has 0 saturated carbocycles. The average molecular weight is 332 g/mol. The first-order chi connectivity index (χ1) is 11.7. The van der Waals surface area contributed by atoms with E-state index in [1.165, 1.54) is 11.1 Å². The molecule has 2 unspecified atom stereocenters. The van der Waals surface area contributed by atoms with Gasteiger partial charge < -0.3 is 0 Å². The van der Waals surface area contributed by atoms with Gasteiger partial charge >= 0.3 is 0 Å². The summed E-state index contributed by atoms with van der Waals surface area (Å²) in [4.78, 5) is 0. The molecule has 0 heterocycles. The molecule has 0 spiro atoms. The van der Waals surface area contributed by atoms with Crippen LogP contribution in [-0.2, 0) is 5.16 Å². The van der Waals surface area contributed by atoms with E-state index in [2.05, 4.69) is 113 Å². The Morgan fingerprint density at radius 3 is 2.00 bits per heavy atom. The van der Waals surface area contributed by atoms with Crippen molar-refractivity contribution in [2.75, 3.05) is 0 Å². The Morgan fingerprint density at radius 2 is 1.54 bits per heavy atom. The van der Waals surface area contributed by atoms with E-state index in [0.29, 0.717) is 0 Å². The molecule has 1 aliphatic carbocycles. The van der Waals surface area contributed by atoms with Crippen LogP contribution >= 0.6 is 9.24 Å². The second-order valence-electron chi connectivity index (χ2n) is 6.38. The topological polar surface area (TPSA) is 0 Å². The second-order valence-corrected chi connectivity index (χ2v) is 7.25. The second kappa shape index (κ2) is 7.32. The first kappa shape index (κ1) is 16.9. The van der Waals surface area contributed by atoms with Crippen LogP contribution in [0, 0.1) is 5.41 Å². The summed E-state index contributed by atoms with van der Waals surface area (Å²) in [6, 6.07) is 21.7. The molecule has 0 aliphatic heterocycles. The summed E-state index contributed by atoms with van der Waals surface area (Å²) in [6.45, 7) is 2.20. The fraction of sp³-hybridized carbons (Fsp3) is 0.217. The minimum atomic E-state index is -0.206. The van der Waals surface area contributed by atoms with Gasteiger partial charge in [0.05, 0.1) is 0 Å². The molecular weight excluding hydrogens is 307 g/mol. The van der Waals surface area contributed by atoms with E-state index >= 15 is 0 Å². The number of hydrogen-bond donors (Lipinski definition) is 0. The van der Waals surface area contributed by atoms with Gasteiger partial charge in [-0.25, -0.2) is 0 Å². The van der Waals surface area contributed by atoms with Crippen molar-refractivity contribution >= 4 is 9.24 Å². The third-order valence-electron chi connectivity index (χ3n) is 4.94. The zero-order valence-electron chi connectivity index (χ0n) is 14.2. The lowest BCUT2D eigenvalue weighted by Crippen LogP contribution is -2.40. The molecule has 1 aliphatic rings. The highest BCUT2D eigenvalue weighted by Crippen LogP contribution is 2.56. The molecule has 2 atom stereocenters. The molecule has 0 nitrogen and oxygen atoms in total. The molecule has 2 aromatic carbocycles. The van der Waals surface area contributed by atoms with Crippen LogP contribution in [0.1, 0.15) is 30.9 Å². The van der Waals surface area contributed by atoms with Crippen LogP contribution in [0.4, 0.5) is 0 Å². The Balaban J connectivity index is 2.26. The van der Waals surface area contributed by atoms with Crippen molar-refractivity contribution in [3.8, 4) is 0 Å². The Bertz CT molecular complexity index is 701. The number of hydrogen-bond acceptors (Lipinski definition) is 0. The van der Waals surface area contributed by atoms with Gasteiger partial charge in [-0.2, -0.15) is 0 Å². The molecule has 24 heavy (non-hydrogen) atoms. The smallest absolute Gasteiger partial charge is 0.0472 e. The quantitative estimate of drug-likeness (QED) is 0.447. The average Bonchev–Trinajstić information content (AvgIpc) is 2.68. The van der Waals surface area contributed by atoms with E-state index in [1.54, 1.807) is 0 Å². The van der Waals surface area contributed by atoms with Crippen LogP contribution < -0.4 is 0 Å². The van der Waals surface area contributed by atoms with Gasteiger partial charge in [-0.15, -0.1) is 9.24 Å². The van der Waals surface area contributed by atoms with Crippen LogP contribution in [-0.4, -0.2) is 0 Å². The molecule has 0 N–H and O–H groups in total. The van der Waals surface area contributed by atoms with Crippen molar-refractivity contribution in [2.24, 2.45) is 5.41 Å². The molecule has 3 rings (SSSR count). The SMILES string of the molecule is CCC=CC1(C(P)(c2ccccc2)c2ccccc2)C=CC=CC1. The predicted molar refractivity (Wildman–Crippen MR) is 108 cm³/mol. The van der Waals surface area contributed by atoms with Crippen LogP contribution in [0.25, 0.3) is 0 Å². The number of allylic oxidation sites excluding steroid dienone is 6. The Morgan fingerprint density at radius 1 is 0.958 bits per heavy atom. The highest BCUT2D eigenvalue weighted by molar-refractivity contribution is 7.19. The van der Waals surface area contributed by atoms with Crippen LogP contribution in [0.15, 0.2) is 97.1 Å². The summed E-state index contributed by atoms with van der Waals surface area (Å²) in [5, 5.41) is -0.206. The Kier molecular flexibility index (Phi) is 5.17. The van der Waals surface area contributed by atoms with Crippen molar-refractivity contribution < 1.29 is 0 Å². The van der Waals surface area contributed by atoms with Crippen LogP contribution in [0.2, 0.25) is 0 Å². The van der Waals surface area contributed by atoms with E-state index in [9.17, 15) is 0 Å². The van der Waals surface area contributed by atoms with Crippen molar-refractivity contribution in [1.29, 1.82) is 0 Å². The third-order valence-corrected chi connectivity index (χ3v) is 6.14. The van der Waals surface area contributed by atoms with E-state index in [-0.39, 0.29) is 10.6 Å². The standard InChI is InChI=1S/C23H25P/c1-2-3-17-22(18-11-6-12-19-22)23(24,20-13-7-4-8-14-20)21-15-9-5-10-16-21/h3-18H,2,19,24H2,1H3. The third kappa shape index (κ3) is 2.92. The molecule has 2 aromatic rings. The highest BCUT2D eigenvalue weighted by Gasteiger charge is 2.47. The number of rotatable bonds is 5. The van der Waals surface area contributed by atoms with Gasteiger partial charge in [-0.3, -0.25) is 0 Å². The van der Waals surface area contributed by atoms with Crippen molar-refractivity contribution in [3.05, 3.63) is 108 Å². The van der Waals surface area contributed by atoms with Crippen LogP contribution in [0.3, 0.4) is 0 Å². The zero-order valence-corrected chi connectivity index (χ0v) is 15.4. The molecule has 0 aromatic heterocycles. The van der Waals surface area contributed by atoms with Gasteiger partial charge in [-0.05, 0) is 24.0 Å². The lowest BCUT2D eigenvalue weighted by atomic mass is 9.64. The van der Waals surface area contributed by atoms with Gasteiger partial charge in [0.25, 0.3) is 0 Å². The molecule has 1 heteroatoms. The maximum Gasteiger partial charge on any atom is 0.0472 e. The summed E-state index contributed by atoms with van der Waals surface area (Å²) in [5.74, 6) is 0. The minimum Gasteiger partial charge on any atom is -0.120 e. The predicted octanol–water partition coefficient (Wildman–Crippen LogP) is 6.27. The summed E-state index contributed by atoms with van der Waals surface area (Å²) in [5.41, 5.74) is 2.55. The van der Waals surface area contributed by atoms with Crippen LogP contribution in [0.5, 0.6) is 0 Å². The first-order valence-electron chi connectivity index (χ1n) is 8.65. The molecule has 0 amide bonds. The van der Waals surface area contributed by atoms with E-state index in [0.717, 1.165) is 12.8 Å². The molecular formula is C23H25P. The normalized spacial score (nSPS) is 20.6. The zero-order chi connectivity index (χ0) is 16.9. The molecule has 0 fully saturated rings. The van der Waals surface area contributed by atoms with Crippen molar-refractivity contribution in [2.45, 2.75) is 24.9 Å². The van der Waals surface area contributed by atoms with Gasteiger partial charge in [0.2, 0.25) is 0 Å². The summed E-state index contributed by atoms with van der Waals surface area (Å²) in [7, 11) is 3.20. The summed E-state index contributed by atoms with van der Waals surface area (Å²) < 4.78 is 0. The van der Waals surface area contributed by atoms with E-state index in [4.69, 9.17) is 0 Å². The first-order valence-corrected chi connectivity index (χ1v) is 9.23. The summed E-state index contributed by atoms with van der Waals surface area (Å²) in [6.07, 6.45) is 15.7. The van der Waals surface area contributed by atoms with Crippen molar-refractivity contribution in [3.63, 3.8) is 0 Å². The monoisotopic (exact) mass is 332 g/mol. The minimum absolute atomic E-state index is 0.0921. The van der Waals surface area contributed by atoms with Gasteiger partial charge in [0.1, 0.15) is 0 Å². The van der Waals surface area contributed by atoms with E-state index < -0.39 is 0 Å². The van der Waals surface area contributed by atoms with Gasteiger partial charge in [0, 0.05) is 10.6 Å². The van der Waals surface area contributed by atoms with E-state index in [1.807, 2.05) is 0 Å². The fourth-order valence-electron chi connectivity index (χ4n) is 3.62.